The van der Waals surface area contributed by atoms with Crippen molar-refractivity contribution in [3.05, 3.63) is 28.3 Å². The maximum Gasteiger partial charge on any atom is 0.410 e. The van der Waals surface area contributed by atoms with Crippen LogP contribution in [0.4, 0.5) is 25.0 Å². The van der Waals surface area contributed by atoms with Gasteiger partial charge in [-0.05, 0) is 39.7 Å². The zero-order valence-electron chi connectivity index (χ0n) is 15.6. The Morgan fingerprint density at radius 2 is 2.04 bits per heavy atom. The van der Waals surface area contributed by atoms with Crippen LogP contribution in [0.3, 0.4) is 0 Å². The van der Waals surface area contributed by atoms with Crippen LogP contribution in [0.15, 0.2) is 18.2 Å². The summed E-state index contributed by atoms with van der Waals surface area (Å²) in [7, 11) is 0. The molecule has 1 heterocycles. The number of rotatable bonds is 5. The lowest BCUT2D eigenvalue weighted by molar-refractivity contribution is -0.384. The van der Waals surface area contributed by atoms with E-state index in [-0.39, 0.29) is 5.69 Å². The number of non-ortho nitro benzene ring substituents is 1. The van der Waals surface area contributed by atoms with Gasteiger partial charge in [-0.3, -0.25) is 19.8 Å². The Morgan fingerprint density at radius 3 is 2.61 bits per heavy atom. The molecule has 11 heteroatoms. The Labute approximate surface area is 159 Å². The Morgan fingerprint density at radius 1 is 1.36 bits per heavy atom. The average Bonchev–Trinajstić information content (AvgIpc) is 3.04. The first-order valence-electron chi connectivity index (χ1n) is 8.51. The number of halogens is 2. The number of benzene rings is 1. The Kier molecular flexibility index (Phi) is 6.37. The topological polar surface area (TPSA) is 111 Å². The normalized spacial score (nSPS) is 16.8. The van der Waals surface area contributed by atoms with E-state index in [0.29, 0.717) is 19.4 Å². The van der Waals surface area contributed by atoms with Gasteiger partial charge in [0.2, 0.25) is 5.91 Å². The fraction of sp³-hybridized carbons (Fsp3) is 0.529. The Bertz CT molecular complexity index is 766. The van der Waals surface area contributed by atoms with E-state index in [2.05, 4.69) is 10.1 Å². The van der Waals surface area contributed by atoms with Gasteiger partial charge >= 0.3 is 12.7 Å². The van der Waals surface area contributed by atoms with Gasteiger partial charge in [-0.25, -0.2) is 4.79 Å². The number of likely N-dealkylation sites (tertiary alicyclic amines) is 1. The van der Waals surface area contributed by atoms with Gasteiger partial charge in [0, 0.05) is 18.7 Å². The molecule has 1 aliphatic rings. The summed E-state index contributed by atoms with van der Waals surface area (Å²) in [4.78, 5) is 36.4. The molecule has 0 radical (unpaired) electrons. The minimum absolute atomic E-state index is 0.282. The van der Waals surface area contributed by atoms with Crippen LogP contribution in [-0.4, -0.2) is 46.6 Å². The van der Waals surface area contributed by atoms with Crippen LogP contribution in [0.25, 0.3) is 0 Å². The number of anilines is 1. The highest BCUT2D eigenvalue weighted by Crippen LogP contribution is 2.31. The highest BCUT2D eigenvalue weighted by Gasteiger charge is 2.37. The average molecular weight is 401 g/mol. The van der Waals surface area contributed by atoms with Crippen LogP contribution in [0.5, 0.6) is 5.75 Å². The molecule has 1 atom stereocenters. The molecule has 0 aromatic heterocycles. The molecule has 0 saturated carbocycles. The molecule has 1 saturated heterocycles. The van der Waals surface area contributed by atoms with E-state index < -0.39 is 46.6 Å². The molecule has 28 heavy (non-hydrogen) atoms. The van der Waals surface area contributed by atoms with Crippen molar-refractivity contribution in [2.24, 2.45) is 0 Å². The quantitative estimate of drug-likeness (QED) is 0.597. The molecule has 9 nitrogen and oxygen atoms in total. The fourth-order valence-corrected chi connectivity index (χ4v) is 2.72. The van der Waals surface area contributed by atoms with Crippen LogP contribution in [0.2, 0.25) is 0 Å². The number of nitro benzene ring substituents is 1. The number of nitrogens with zero attached hydrogens (tertiary/aromatic N) is 2. The van der Waals surface area contributed by atoms with Crippen molar-refractivity contribution >= 4 is 23.4 Å². The van der Waals surface area contributed by atoms with Gasteiger partial charge in [0.15, 0.2) is 0 Å². The smallest absolute Gasteiger partial charge is 0.410 e. The van der Waals surface area contributed by atoms with Crippen molar-refractivity contribution in [1.82, 2.24) is 4.90 Å². The zero-order chi connectivity index (χ0) is 21.1. The summed E-state index contributed by atoms with van der Waals surface area (Å²) in [6.07, 6.45) is 0.214. The Balaban J connectivity index is 2.21. The molecule has 0 bridgehead atoms. The first kappa shape index (κ1) is 21.3. The van der Waals surface area contributed by atoms with E-state index in [9.17, 15) is 28.5 Å². The van der Waals surface area contributed by atoms with E-state index in [4.69, 9.17) is 4.74 Å². The van der Waals surface area contributed by atoms with Crippen LogP contribution >= 0.6 is 0 Å². The standard InChI is InChI=1S/C17H21F2N3O6/c1-17(2,3)28-16(24)21-8-4-5-12(21)14(23)20-11-9-10(22(25)26)6-7-13(11)27-15(18)19/h6-7,9,12,15H,4-5,8H2,1-3H3,(H,20,23)/t12-/m0/s1. The van der Waals surface area contributed by atoms with Gasteiger partial charge in [0.1, 0.15) is 17.4 Å². The van der Waals surface area contributed by atoms with E-state index in [0.717, 1.165) is 18.2 Å². The van der Waals surface area contributed by atoms with Crippen molar-refractivity contribution in [2.45, 2.75) is 51.9 Å². The number of nitro groups is 1. The molecule has 2 rings (SSSR count). The van der Waals surface area contributed by atoms with E-state index in [1.165, 1.54) is 4.90 Å². The summed E-state index contributed by atoms with van der Waals surface area (Å²) in [5.74, 6) is -1.10. The largest absolute Gasteiger partial charge is 0.444 e. The van der Waals surface area contributed by atoms with Crippen LogP contribution < -0.4 is 10.1 Å². The van der Waals surface area contributed by atoms with E-state index in [1.807, 2.05) is 0 Å². The van der Waals surface area contributed by atoms with Crippen molar-refractivity contribution in [2.75, 3.05) is 11.9 Å². The summed E-state index contributed by atoms with van der Waals surface area (Å²) in [5.41, 5.74) is -1.44. The summed E-state index contributed by atoms with van der Waals surface area (Å²) in [6.45, 7) is 2.18. The van der Waals surface area contributed by atoms with Crippen LogP contribution in [0, 0.1) is 10.1 Å². The number of nitrogens with one attached hydrogen (secondary N) is 1. The van der Waals surface area contributed by atoms with E-state index in [1.54, 1.807) is 20.8 Å². The number of alkyl halides is 2. The molecule has 2 amide bonds. The molecule has 1 aliphatic heterocycles. The van der Waals surface area contributed by atoms with Crippen molar-refractivity contribution in [1.29, 1.82) is 0 Å². The third-order valence-corrected chi connectivity index (χ3v) is 3.83. The maximum absolute atomic E-state index is 12.6. The van der Waals surface area contributed by atoms with Gasteiger partial charge < -0.3 is 14.8 Å². The summed E-state index contributed by atoms with van der Waals surface area (Å²) < 4.78 is 34.8. The number of carbonyl (C=O) groups excluding carboxylic acids is 2. The lowest BCUT2D eigenvalue weighted by Gasteiger charge is -2.28. The van der Waals surface area contributed by atoms with Gasteiger partial charge in [-0.2, -0.15) is 8.78 Å². The predicted octanol–water partition coefficient (Wildman–Crippen LogP) is 3.53. The number of ether oxygens (including phenoxy) is 2. The minimum atomic E-state index is -3.18. The summed E-state index contributed by atoms with van der Waals surface area (Å²) in [6, 6.07) is 1.98. The first-order valence-corrected chi connectivity index (χ1v) is 8.51. The number of amides is 2. The fourth-order valence-electron chi connectivity index (χ4n) is 2.72. The number of hydrogen-bond acceptors (Lipinski definition) is 6. The highest BCUT2D eigenvalue weighted by atomic mass is 19.3. The number of carbonyl (C=O) groups is 2. The Hall–Kier alpha value is -2.98. The lowest BCUT2D eigenvalue weighted by atomic mass is 10.2. The van der Waals surface area contributed by atoms with Gasteiger partial charge in [0.05, 0.1) is 10.6 Å². The van der Waals surface area contributed by atoms with E-state index >= 15 is 0 Å². The molecular weight excluding hydrogens is 380 g/mol. The molecule has 0 spiro atoms. The van der Waals surface area contributed by atoms with Gasteiger partial charge in [-0.1, -0.05) is 0 Å². The second-order valence-corrected chi connectivity index (χ2v) is 7.14. The molecule has 0 unspecified atom stereocenters. The van der Waals surface area contributed by atoms with Crippen molar-refractivity contribution in [3.8, 4) is 5.75 Å². The third kappa shape index (κ3) is 5.51. The van der Waals surface area contributed by atoms with Crippen LogP contribution in [0.1, 0.15) is 33.6 Å². The molecule has 154 valence electrons. The number of hydrogen-bond donors (Lipinski definition) is 1. The molecule has 1 aromatic carbocycles. The second-order valence-electron chi connectivity index (χ2n) is 7.14. The zero-order valence-corrected chi connectivity index (χ0v) is 15.6. The molecule has 0 aliphatic carbocycles. The SMILES string of the molecule is CC(C)(C)OC(=O)N1CCC[C@H]1C(=O)Nc1cc([N+](=O)[O-])ccc1OC(F)F. The van der Waals surface area contributed by atoms with Crippen LogP contribution in [-0.2, 0) is 9.53 Å². The first-order chi connectivity index (χ1) is 13.0. The third-order valence-electron chi connectivity index (χ3n) is 3.83. The van der Waals surface area contributed by atoms with Crippen molar-refractivity contribution < 1.29 is 32.8 Å². The second kappa shape index (κ2) is 8.36. The summed E-state index contributed by atoms with van der Waals surface area (Å²) in [5, 5.41) is 13.3. The highest BCUT2D eigenvalue weighted by molar-refractivity contribution is 5.98. The summed E-state index contributed by atoms with van der Waals surface area (Å²) >= 11 is 0. The lowest BCUT2D eigenvalue weighted by Crippen LogP contribution is -2.45. The molecule has 1 N–H and O–H groups in total. The van der Waals surface area contributed by atoms with Crippen molar-refractivity contribution in [3.63, 3.8) is 0 Å². The predicted molar refractivity (Wildman–Crippen MR) is 94.3 cm³/mol. The molecule has 1 fully saturated rings. The van der Waals surface area contributed by atoms with Gasteiger partial charge in [-0.15, -0.1) is 0 Å². The maximum atomic E-state index is 12.6. The molecule has 1 aromatic rings. The molecular formula is C17H21F2N3O6. The monoisotopic (exact) mass is 401 g/mol. The van der Waals surface area contributed by atoms with Gasteiger partial charge in [0.25, 0.3) is 5.69 Å². The minimum Gasteiger partial charge on any atom is -0.444 e.